The molecule has 3 rings (SSSR count). The molecular weight excluding hydrogens is 323 g/mol. The Morgan fingerprint density at radius 1 is 1.20 bits per heavy atom. The van der Waals surface area contributed by atoms with Gasteiger partial charge in [-0.3, -0.25) is 4.79 Å². The lowest BCUT2D eigenvalue weighted by atomic mass is 10.1. The number of aromatic nitrogens is 2. The predicted octanol–water partition coefficient (Wildman–Crippen LogP) is 3.62. The van der Waals surface area contributed by atoms with E-state index in [0.717, 1.165) is 5.56 Å². The Morgan fingerprint density at radius 3 is 2.80 bits per heavy atom. The predicted molar refractivity (Wildman–Crippen MR) is 80.4 cm³/mol. The van der Waals surface area contributed by atoms with Gasteiger partial charge in [0.25, 0.3) is 5.56 Å². The molecule has 3 aromatic rings. The van der Waals surface area contributed by atoms with Crippen LogP contribution in [0, 0.1) is 5.82 Å². The highest BCUT2D eigenvalue weighted by Crippen LogP contribution is 2.20. The molecule has 5 heteroatoms. The van der Waals surface area contributed by atoms with E-state index in [1.807, 2.05) is 6.07 Å². The van der Waals surface area contributed by atoms with E-state index in [4.69, 9.17) is 0 Å². The summed E-state index contributed by atoms with van der Waals surface area (Å²) in [4.78, 5) is 19.1. The number of nitrogens with zero attached hydrogens (tertiary/aromatic N) is 1. The maximum atomic E-state index is 13.6. The van der Waals surface area contributed by atoms with Gasteiger partial charge in [-0.15, -0.1) is 0 Å². The Hall–Kier alpha value is -2.01. The number of para-hydroxylation sites is 1. The highest BCUT2D eigenvalue weighted by atomic mass is 79.9. The van der Waals surface area contributed by atoms with Crippen LogP contribution in [0.2, 0.25) is 0 Å². The first-order valence-electron chi connectivity index (χ1n) is 6.02. The van der Waals surface area contributed by atoms with Crippen LogP contribution in [0.3, 0.4) is 0 Å². The molecule has 0 radical (unpaired) electrons. The number of alkyl halides is 1. The fourth-order valence-electron chi connectivity index (χ4n) is 2.09. The van der Waals surface area contributed by atoms with E-state index in [0.29, 0.717) is 27.6 Å². The van der Waals surface area contributed by atoms with Crippen molar-refractivity contribution in [1.29, 1.82) is 0 Å². The van der Waals surface area contributed by atoms with E-state index >= 15 is 0 Å². The monoisotopic (exact) mass is 332 g/mol. The van der Waals surface area contributed by atoms with Gasteiger partial charge >= 0.3 is 0 Å². The minimum absolute atomic E-state index is 0.227. The SMILES string of the molecule is O=c1[nH]c(-c2cc(F)cc(CBr)c2)nc2ccccc12. The first kappa shape index (κ1) is 13.0. The van der Waals surface area contributed by atoms with E-state index in [-0.39, 0.29) is 11.4 Å². The van der Waals surface area contributed by atoms with Crippen LogP contribution in [0.4, 0.5) is 4.39 Å². The Labute approximate surface area is 122 Å². The number of halogens is 2. The van der Waals surface area contributed by atoms with Crippen molar-refractivity contribution in [2.45, 2.75) is 5.33 Å². The zero-order valence-electron chi connectivity index (χ0n) is 10.4. The summed E-state index contributed by atoms with van der Waals surface area (Å²) in [6.07, 6.45) is 0. The van der Waals surface area contributed by atoms with Crippen molar-refractivity contribution in [1.82, 2.24) is 9.97 Å². The number of nitrogens with one attached hydrogen (secondary N) is 1. The van der Waals surface area contributed by atoms with Gasteiger partial charge in [0.2, 0.25) is 0 Å². The molecular formula is C15H10BrFN2O. The summed E-state index contributed by atoms with van der Waals surface area (Å²) in [7, 11) is 0. The second-order valence-corrected chi connectivity index (χ2v) is 4.97. The van der Waals surface area contributed by atoms with Crippen LogP contribution in [0.5, 0.6) is 0 Å². The number of hydrogen-bond donors (Lipinski definition) is 1. The van der Waals surface area contributed by atoms with Crippen molar-refractivity contribution < 1.29 is 4.39 Å². The van der Waals surface area contributed by atoms with Crippen LogP contribution < -0.4 is 5.56 Å². The smallest absolute Gasteiger partial charge is 0.259 e. The standard InChI is InChI=1S/C15H10BrFN2O/c16-8-9-5-10(7-11(17)6-9)14-18-13-4-2-1-3-12(13)15(20)19-14/h1-7H,8H2,(H,18,19,20). The Balaban J connectivity index is 2.24. The maximum absolute atomic E-state index is 13.6. The number of rotatable bonds is 2. The molecule has 2 aromatic carbocycles. The highest BCUT2D eigenvalue weighted by molar-refractivity contribution is 9.08. The summed E-state index contributed by atoms with van der Waals surface area (Å²) >= 11 is 3.29. The highest BCUT2D eigenvalue weighted by Gasteiger charge is 2.08. The van der Waals surface area contributed by atoms with Gasteiger partial charge in [-0.1, -0.05) is 28.1 Å². The van der Waals surface area contributed by atoms with Crippen molar-refractivity contribution in [2.75, 3.05) is 0 Å². The van der Waals surface area contributed by atoms with Crippen LogP contribution in [0.15, 0.2) is 47.3 Å². The minimum atomic E-state index is -0.354. The Kier molecular flexibility index (Phi) is 3.36. The summed E-state index contributed by atoms with van der Waals surface area (Å²) in [5, 5.41) is 1.06. The molecule has 1 heterocycles. The molecule has 0 atom stereocenters. The lowest BCUT2D eigenvalue weighted by molar-refractivity contribution is 0.627. The van der Waals surface area contributed by atoms with Crippen LogP contribution >= 0.6 is 15.9 Å². The number of aromatic amines is 1. The topological polar surface area (TPSA) is 45.8 Å². The van der Waals surface area contributed by atoms with Crippen LogP contribution in [-0.2, 0) is 5.33 Å². The Morgan fingerprint density at radius 2 is 2.00 bits per heavy atom. The zero-order chi connectivity index (χ0) is 14.1. The lowest BCUT2D eigenvalue weighted by Gasteiger charge is -2.05. The maximum Gasteiger partial charge on any atom is 0.259 e. The molecule has 0 bridgehead atoms. The fourth-order valence-corrected chi connectivity index (χ4v) is 2.41. The van der Waals surface area contributed by atoms with Crippen molar-refractivity contribution >= 4 is 26.8 Å². The van der Waals surface area contributed by atoms with Gasteiger partial charge in [-0.2, -0.15) is 0 Å². The molecule has 0 spiro atoms. The van der Waals surface area contributed by atoms with Crippen molar-refractivity contribution in [3.05, 3.63) is 64.2 Å². The van der Waals surface area contributed by atoms with E-state index in [9.17, 15) is 9.18 Å². The van der Waals surface area contributed by atoms with Gasteiger partial charge in [0.15, 0.2) is 0 Å². The van der Waals surface area contributed by atoms with Crippen LogP contribution in [0.25, 0.3) is 22.3 Å². The van der Waals surface area contributed by atoms with E-state index in [1.165, 1.54) is 12.1 Å². The molecule has 0 aliphatic heterocycles. The molecule has 20 heavy (non-hydrogen) atoms. The minimum Gasteiger partial charge on any atom is -0.306 e. The Bertz CT molecular complexity index is 845. The molecule has 1 aromatic heterocycles. The van der Waals surface area contributed by atoms with Gasteiger partial charge in [-0.05, 0) is 35.9 Å². The van der Waals surface area contributed by atoms with E-state index in [1.54, 1.807) is 24.3 Å². The summed E-state index contributed by atoms with van der Waals surface area (Å²) < 4.78 is 13.6. The zero-order valence-corrected chi connectivity index (χ0v) is 11.9. The third-order valence-electron chi connectivity index (χ3n) is 3.00. The normalized spacial score (nSPS) is 10.9. The van der Waals surface area contributed by atoms with Gasteiger partial charge in [-0.25, -0.2) is 9.37 Å². The molecule has 1 N–H and O–H groups in total. The van der Waals surface area contributed by atoms with Crippen molar-refractivity contribution in [3.8, 4) is 11.4 Å². The summed E-state index contributed by atoms with van der Waals surface area (Å²) in [5.41, 5.74) is 1.71. The summed E-state index contributed by atoms with van der Waals surface area (Å²) in [6, 6.07) is 11.7. The quantitative estimate of drug-likeness (QED) is 0.728. The summed E-state index contributed by atoms with van der Waals surface area (Å²) in [6.45, 7) is 0. The number of hydrogen-bond acceptors (Lipinski definition) is 2. The average molecular weight is 333 g/mol. The number of fused-ring (bicyclic) bond motifs is 1. The van der Waals surface area contributed by atoms with Crippen molar-refractivity contribution in [3.63, 3.8) is 0 Å². The molecule has 0 aliphatic rings. The summed E-state index contributed by atoms with van der Waals surface area (Å²) in [5.74, 6) is 0.0168. The number of benzene rings is 2. The van der Waals surface area contributed by atoms with Gasteiger partial charge in [0, 0.05) is 10.9 Å². The van der Waals surface area contributed by atoms with Crippen LogP contribution in [-0.4, -0.2) is 9.97 Å². The van der Waals surface area contributed by atoms with E-state index < -0.39 is 0 Å². The molecule has 0 aliphatic carbocycles. The molecule has 0 unspecified atom stereocenters. The van der Waals surface area contributed by atoms with Crippen molar-refractivity contribution in [2.24, 2.45) is 0 Å². The first-order chi connectivity index (χ1) is 9.67. The second-order valence-electron chi connectivity index (χ2n) is 4.41. The third kappa shape index (κ3) is 2.36. The molecule has 100 valence electrons. The third-order valence-corrected chi connectivity index (χ3v) is 3.65. The first-order valence-corrected chi connectivity index (χ1v) is 7.14. The largest absolute Gasteiger partial charge is 0.306 e. The fraction of sp³-hybridized carbons (Fsp3) is 0.0667. The molecule has 0 saturated heterocycles. The average Bonchev–Trinajstić information content (AvgIpc) is 2.46. The molecule has 0 fully saturated rings. The molecule has 3 nitrogen and oxygen atoms in total. The molecule has 0 amide bonds. The van der Waals surface area contributed by atoms with Crippen LogP contribution in [0.1, 0.15) is 5.56 Å². The second kappa shape index (κ2) is 5.17. The van der Waals surface area contributed by atoms with Gasteiger partial charge < -0.3 is 4.98 Å². The van der Waals surface area contributed by atoms with Gasteiger partial charge in [0.1, 0.15) is 11.6 Å². The number of H-pyrrole nitrogens is 1. The lowest BCUT2D eigenvalue weighted by Crippen LogP contribution is -2.09. The molecule has 0 saturated carbocycles. The van der Waals surface area contributed by atoms with E-state index in [2.05, 4.69) is 25.9 Å². The van der Waals surface area contributed by atoms with Gasteiger partial charge in [0.05, 0.1) is 10.9 Å².